The maximum absolute atomic E-state index is 13.3. The fourth-order valence-electron chi connectivity index (χ4n) is 3.78. The minimum Gasteiger partial charge on any atom is -0.444 e. The van der Waals surface area contributed by atoms with Crippen molar-refractivity contribution < 1.29 is 13.9 Å². The number of nitrogens with zero attached hydrogens (tertiary/aromatic N) is 1. The lowest BCUT2D eigenvalue weighted by Crippen LogP contribution is -2.43. The Morgan fingerprint density at radius 2 is 1.83 bits per heavy atom. The lowest BCUT2D eigenvalue weighted by atomic mass is 9.90. The third-order valence-electron chi connectivity index (χ3n) is 5.14. The van der Waals surface area contributed by atoms with Crippen molar-refractivity contribution in [3.8, 4) is 0 Å². The molecule has 5 heteroatoms. The van der Waals surface area contributed by atoms with Crippen LogP contribution in [0.2, 0.25) is 0 Å². The van der Waals surface area contributed by atoms with E-state index in [2.05, 4.69) is 34.5 Å². The molecule has 0 bridgehead atoms. The predicted octanol–water partition coefficient (Wildman–Crippen LogP) is 4.71. The predicted molar refractivity (Wildman–Crippen MR) is 113 cm³/mol. The van der Waals surface area contributed by atoms with Gasteiger partial charge in [0.2, 0.25) is 0 Å². The Bertz CT molecular complexity index is 814. The molecule has 4 nitrogen and oxygen atoms in total. The van der Waals surface area contributed by atoms with E-state index in [9.17, 15) is 9.18 Å². The van der Waals surface area contributed by atoms with Crippen molar-refractivity contribution in [2.24, 2.45) is 0 Å². The van der Waals surface area contributed by atoms with Crippen LogP contribution >= 0.6 is 0 Å². The molecule has 1 heterocycles. The lowest BCUT2D eigenvalue weighted by Gasteiger charge is -2.37. The van der Waals surface area contributed by atoms with Crippen LogP contribution in [0.3, 0.4) is 0 Å². The Morgan fingerprint density at radius 3 is 2.52 bits per heavy atom. The number of halogens is 1. The Kier molecular flexibility index (Phi) is 6.91. The summed E-state index contributed by atoms with van der Waals surface area (Å²) >= 11 is 0. The molecular formula is C24H31FN2O2. The third-order valence-corrected chi connectivity index (χ3v) is 5.14. The van der Waals surface area contributed by atoms with Gasteiger partial charge in [-0.1, -0.05) is 36.4 Å². The van der Waals surface area contributed by atoms with Crippen molar-refractivity contribution in [2.45, 2.75) is 58.2 Å². The molecule has 29 heavy (non-hydrogen) atoms. The minimum atomic E-state index is -0.485. The van der Waals surface area contributed by atoms with Crippen LogP contribution in [0.4, 0.5) is 9.18 Å². The number of rotatable bonds is 6. The SMILES string of the molecule is CC(C)(C)OC(=O)NCCCN1Cc2ccccc2CC1Cc1ccc(F)cc1. The van der Waals surface area contributed by atoms with Crippen LogP contribution in [0.5, 0.6) is 0 Å². The van der Waals surface area contributed by atoms with Gasteiger partial charge in [-0.2, -0.15) is 0 Å². The molecule has 1 N–H and O–H groups in total. The Labute approximate surface area is 173 Å². The van der Waals surface area contributed by atoms with E-state index in [1.165, 1.54) is 23.3 Å². The van der Waals surface area contributed by atoms with Crippen molar-refractivity contribution in [3.63, 3.8) is 0 Å². The second-order valence-electron chi connectivity index (χ2n) is 8.71. The van der Waals surface area contributed by atoms with Crippen molar-refractivity contribution in [2.75, 3.05) is 13.1 Å². The van der Waals surface area contributed by atoms with Gasteiger partial charge in [-0.3, -0.25) is 4.90 Å². The summed E-state index contributed by atoms with van der Waals surface area (Å²) < 4.78 is 18.5. The summed E-state index contributed by atoms with van der Waals surface area (Å²) in [5.41, 5.74) is 3.42. The first kappa shape index (κ1) is 21.3. The van der Waals surface area contributed by atoms with Gasteiger partial charge < -0.3 is 10.1 Å². The summed E-state index contributed by atoms with van der Waals surface area (Å²) in [4.78, 5) is 14.3. The van der Waals surface area contributed by atoms with Gasteiger partial charge in [-0.15, -0.1) is 0 Å². The van der Waals surface area contributed by atoms with Crippen LogP contribution < -0.4 is 5.32 Å². The quantitative estimate of drug-likeness (QED) is 0.717. The topological polar surface area (TPSA) is 41.6 Å². The Balaban J connectivity index is 1.59. The highest BCUT2D eigenvalue weighted by Gasteiger charge is 2.26. The van der Waals surface area contributed by atoms with E-state index in [0.717, 1.165) is 37.9 Å². The van der Waals surface area contributed by atoms with Crippen molar-refractivity contribution in [3.05, 3.63) is 71.0 Å². The van der Waals surface area contributed by atoms with E-state index < -0.39 is 5.60 Å². The number of nitrogens with one attached hydrogen (secondary N) is 1. The first-order valence-electron chi connectivity index (χ1n) is 10.3. The van der Waals surface area contributed by atoms with Crippen LogP contribution in [0.15, 0.2) is 48.5 Å². The van der Waals surface area contributed by atoms with E-state index >= 15 is 0 Å². The monoisotopic (exact) mass is 398 g/mol. The molecule has 0 radical (unpaired) electrons. The van der Waals surface area contributed by atoms with Gasteiger partial charge >= 0.3 is 6.09 Å². The highest BCUT2D eigenvalue weighted by molar-refractivity contribution is 5.67. The fraction of sp³-hybridized carbons (Fsp3) is 0.458. The summed E-state index contributed by atoms with van der Waals surface area (Å²) in [6, 6.07) is 15.7. The maximum Gasteiger partial charge on any atom is 0.407 e. The third kappa shape index (κ3) is 6.57. The molecule has 0 spiro atoms. The number of ether oxygens (including phenoxy) is 1. The summed E-state index contributed by atoms with van der Waals surface area (Å²) in [7, 11) is 0. The molecule has 3 rings (SSSR count). The second-order valence-corrected chi connectivity index (χ2v) is 8.71. The number of hydrogen-bond donors (Lipinski definition) is 1. The van der Waals surface area contributed by atoms with Crippen LogP contribution in [-0.2, 0) is 24.1 Å². The number of fused-ring (bicyclic) bond motifs is 1. The van der Waals surface area contributed by atoms with Crippen LogP contribution in [0.1, 0.15) is 43.9 Å². The van der Waals surface area contributed by atoms with Gasteiger partial charge in [0.05, 0.1) is 0 Å². The molecule has 0 aromatic heterocycles. The van der Waals surface area contributed by atoms with Crippen molar-refractivity contribution in [1.82, 2.24) is 10.2 Å². The van der Waals surface area contributed by atoms with Crippen LogP contribution in [0.25, 0.3) is 0 Å². The molecule has 0 aliphatic carbocycles. The first-order chi connectivity index (χ1) is 13.8. The average molecular weight is 399 g/mol. The zero-order chi connectivity index (χ0) is 20.9. The molecular weight excluding hydrogens is 367 g/mol. The number of benzene rings is 2. The van der Waals surface area contributed by atoms with E-state index in [1.54, 1.807) is 0 Å². The number of hydrogen-bond acceptors (Lipinski definition) is 3. The highest BCUT2D eigenvalue weighted by atomic mass is 19.1. The molecule has 0 fully saturated rings. The van der Waals surface area contributed by atoms with Crippen LogP contribution in [-0.4, -0.2) is 35.7 Å². The normalized spacial score (nSPS) is 16.9. The van der Waals surface area contributed by atoms with E-state index in [4.69, 9.17) is 4.74 Å². The first-order valence-corrected chi connectivity index (χ1v) is 10.3. The zero-order valence-electron chi connectivity index (χ0n) is 17.6. The van der Waals surface area contributed by atoms with Gasteiger partial charge in [0.1, 0.15) is 11.4 Å². The van der Waals surface area contributed by atoms with E-state index in [1.807, 2.05) is 32.9 Å². The summed E-state index contributed by atoms with van der Waals surface area (Å²) in [5.74, 6) is -0.201. The van der Waals surface area contributed by atoms with Gasteiger partial charge in [-0.25, -0.2) is 9.18 Å². The molecule has 0 saturated heterocycles. The van der Waals surface area contributed by atoms with Crippen molar-refractivity contribution in [1.29, 1.82) is 0 Å². The summed E-state index contributed by atoms with van der Waals surface area (Å²) in [6.45, 7) is 7.94. The number of amides is 1. The molecule has 2 aromatic rings. The molecule has 1 amide bonds. The molecule has 156 valence electrons. The maximum atomic E-state index is 13.3. The number of alkyl carbamates (subject to hydrolysis) is 1. The Morgan fingerprint density at radius 1 is 1.14 bits per heavy atom. The lowest BCUT2D eigenvalue weighted by molar-refractivity contribution is 0.0524. The number of carbonyl (C=O) groups excluding carboxylic acids is 1. The van der Waals surface area contributed by atoms with Gasteiger partial charge in [0.15, 0.2) is 0 Å². The second kappa shape index (κ2) is 9.40. The molecule has 0 saturated carbocycles. The molecule has 1 unspecified atom stereocenters. The minimum absolute atomic E-state index is 0.201. The molecule has 1 atom stereocenters. The van der Waals surface area contributed by atoms with Crippen LogP contribution in [0, 0.1) is 5.82 Å². The zero-order valence-corrected chi connectivity index (χ0v) is 17.6. The summed E-state index contributed by atoms with van der Waals surface area (Å²) in [5, 5.41) is 2.84. The smallest absolute Gasteiger partial charge is 0.407 e. The highest BCUT2D eigenvalue weighted by Crippen LogP contribution is 2.25. The fourth-order valence-corrected chi connectivity index (χ4v) is 3.78. The molecule has 1 aliphatic rings. The average Bonchev–Trinajstić information content (AvgIpc) is 2.66. The van der Waals surface area contributed by atoms with Gasteiger partial charge in [0.25, 0.3) is 0 Å². The van der Waals surface area contributed by atoms with Gasteiger partial charge in [-0.05, 0) is 68.9 Å². The molecule has 1 aliphatic heterocycles. The van der Waals surface area contributed by atoms with Gasteiger partial charge in [0, 0.05) is 25.7 Å². The standard InChI is InChI=1S/C24H31FN2O2/c1-24(2,3)29-23(28)26-13-6-14-27-17-20-8-5-4-7-19(20)16-22(27)15-18-9-11-21(25)12-10-18/h4-5,7-12,22H,6,13-17H2,1-3H3,(H,26,28). The number of carbonyl (C=O) groups is 1. The van der Waals surface area contributed by atoms with E-state index in [-0.39, 0.29) is 11.9 Å². The van der Waals surface area contributed by atoms with E-state index in [0.29, 0.717) is 12.6 Å². The summed E-state index contributed by atoms with van der Waals surface area (Å²) in [6.07, 6.45) is 2.34. The largest absolute Gasteiger partial charge is 0.444 e. The Hall–Kier alpha value is -2.40. The van der Waals surface area contributed by atoms with Crippen molar-refractivity contribution >= 4 is 6.09 Å². The molecule has 2 aromatic carbocycles.